The Hall–Kier alpha value is -1.38. The highest BCUT2D eigenvalue weighted by Crippen LogP contribution is 2.11. The summed E-state index contributed by atoms with van der Waals surface area (Å²) < 4.78 is 5.22. The fraction of sp³-hybridized carbons (Fsp3) is 0.455. The van der Waals surface area contributed by atoms with E-state index in [9.17, 15) is 4.79 Å². The fourth-order valence-corrected chi connectivity index (χ4v) is 0.962. The molecule has 0 saturated heterocycles. The van der Waals surface area contributed by atoms with Crippen LogP contribution in [0.3, 0.4) is 0 Å². The van der Waals surface area contributed by atoms with Gasteiger partial charge in [0.2, 0.25) is 0 Å². The van der Waals surface area contributed by atoms with Gasteiger partial charge in [0.1, 0.15) is 5.60 Å². The smallest absolute Gasteiger partial charge is 0.336 e. The predicted octanol–water partition coefficient (Wildman–Crippen LogP) is 1.90. The first-order chi connectivity index (χ1) is 6.49. The molecular formula is C11H15NO2. The van der Waals surface area contributed by atoms with Gasteiger partial charge in [-0.1, -0.05) is 6.08 Å². The molecule has 0 spiro atoms. The number of nitrogens with zero attached hydrogens (tertiary/aromatic N) is 1. The van der Waals surface area contributed by atoms with Crippen molar-refractivity contribution in [2.24, 2.45) is 4.99 Å². The topological polar surface area (TPSA) is 38.7 Å². The predicted molar refractivity (Wildman–Crippen MR) is 56.4 cm³/mol. The number of esters is 1. The van der Waals surface area contributed by atoms with Gasteiger partial charge in [-0.3, -0.25) is 4.99 Å². The number of hydrogen-bond donors (Lipinski definition) is 0. The monoisotopic (exact) mass is 193 g/mol. The largest absolute Gasteiger partial charge is 0.457 e. The molecule has 14 heavy (non-hydrogen) atoms. The molecule has 0 saturated carbocycles. The number of carbonyl (C=O) groups is 1. The Bertz CT molecular complexity index is 306. The van der Waals surface area contributed by atoms with Crippen molar-refractivity contribution in [1.29, 1.82) is 0 Å². The van der Waals surface area contributed by atoms with Crippen LogP contribution in [0.2, 0.25) is 0 Å². The van der Waals surface area contributed by atoms with Crippen LogP contribution >= 0.6 is 0 Å². The Balaban J connectivity index is 2.66. The molecule has 3 heteroatoms. The van der Waals surface area contributed by atoms with Gasteiger partial charge in [-0.25, -0.2) is 4.79 Å². The van der Waals surface area contributed by atoms with Gasteiger partial charge in [0, 0.05) is 6.21 Å². The third-order valence-electron chi connectivity index (χ3n) is 1.52. The van der Waals surface area contributed by atoms with Crippen molar-refractivity contribution in [1.82, 2.24) is 0 Å². The number of allylic oxidation sites excluding steroid dienone is 3. The van der Waals surface area contributed by atoms with Crippen molar-refractivity contribution in [3.8, 4) is 0 Å². The third kappa shape index (κ3) is 3.56. The summed E-state index contributed by atoms with van der Waals surface area (Å²) in [6.07, 6.45) is 6.99. The highest BCUT2D eigenvalue weighted by molar-refractivity contribution is 5.90. The van der Waals surface area contributed by atoms with Gasteiger partial charge < -0.3 is 4.74 Å². The van der Waals surface area contributed by atoms with E-state index in [0.29, 0.717) is 12.1 Å². The van der Waals surface area contributed by atoms with Crippen LogP contribution < -0.4 is 0 Å². The summed E-state index contributed by atoms with van der Waals surface area (Å²) in [6, 6.07) is 0. The molecule has 0 aromatic carbocycles. The van der Waals surface area contributed by atoms with E-state index < -0.39 is 5.60 Å². The van der Waals surface area contributed by atoms with E-state index in [0.717, 1.165) is 0 Å². The molecule has 0 unspecified atom stereocenters. The number of hydrogen-bond acceptors (Lipinski definition) is 3. The summed E-state index contributed by atoms with van der Waals surface area (Å²) in [5.41, 5.74) is 0.141. The maximum absolute atomic E-state index is 11.6. The first-order valence-corrected chi connectivity index (χ1v) is 4.58. The summed E-state index contributed by atoms with van der Waals surface area (Å²) in [5.74, 6) is -0.291. The molecule has 1 heterocycles. The zero-order valence-corrected chi connectivity index (χ0v) is 8.78. The second-order valence-electron chi connectivity index (χ2n) is 4.07. The molecule has 76 valence electrons. The van der Waals surface area contributed by atoms with E-state index in [1.54, 1.807) is 24.4 Å². The Kier molecular flexibility index (Phi) is 3.23. The van der Waals surface area contributed by atoms with Crippen molar-refractivity contribution in [3.05, 3.63) is 23.8 Å². The lowest BCUT2D eigenvalue weighted by Crippen LogP contribution is -2.25. The maximum Gasteiger partial charge on any atom is 0.336 e. The van der Waals surface area contributed by atoms with Crippen LogP contribution in [0.4, 0.5) is 0 Å². The van der Waals surface area contributed by atoms with Gasteiger partial charge >= 0.3 is 5.97 Å². The average Bonchev–Trinajstić information content (AvgIpc) is 2.27. The van der Waals surface area contributed by atoms with Crippen molar-refractivity contribution in [2.75, 3.05) is 6.54 Å². The van der Waals surface area contributed by atoms with Crippen molar-refractivity contribution >= 4 is 12.2 Å². The molecule has 3 nitrogen and oxygen atoms in total. The zero-order chi connectivity index (χ0) is 10.6. The molecule has 0 bridgehead atoms. The minimum atomic E-state index is -0.447. The van der Waals surface area contributed by atoms with Crippen molar-refractivity contribution < 1.29 is 9.53 Å². The minimum Gasteiger partial charge on any atom is -0.457 e. The highest BCUT2D eigenvalue weighted by Gasteiger charge is 2.19. The van der Waals surface area contributed by atoms with E-state index in [-0.39, 0.29) is 5.97 Å². The van der Waals surface area contributed by atoms with Crippen LogP contribution in [0.1, 0.15) is 20.8 Å². The van der Waals surface area contributed by atoms with E-state index in [1.165, 1.54) is 0 Å². The normalized spacial score (nSPS) is 16.1. The molecule has 1 rings (SSSR count). The van der Waals surface area contributed by atoms with Gasteiger partial charge in [-0.05, 0) is 32.9 Å². The van der Waals surface area contributed by atoms with Crippen molar-refractivity contribution in [2.45, 2.75) is 26.4 Å². The molecule has 0 aromatic heterocycles. The van der Waals surface area contributed by atoms with Crippen LogP contribution in [-0.4, -0.2) is 24.3 Å². The van der Waals surface area contributed by atoms with Crippen LogP contribution in [0.15, 0.2) is 28.8 Å². The zero-order valence-electron chi connectivity index (χ0n) is 8.78. The van der Waals surface area contributed by atoms with Crippen LogP contribution in [0, 0.1) is 0 Å². The lowest BCUT2D eigenvalue weighted by atomic mass is 10.2. The number of ether oxygens (including phenoxy) is 1. The van der Waals surface area contributed by atoms with E-state index >= 15 is 0 Å². The lowest BCUT2D eigenvalue weighted by molar-refractivity contribution is -0.149. The van der Waals surface area contributed by atoms with Gasteiger partial charge in [-0.2, -0.15) is 0 Å². The molecule has 0 fully saturated rings. The molecule has 0 aromatic rings. The standard InChI is InChI=1S/C11H15NO2/c1-11(2,3)14-10(13)9-6-4-5-7-12-8-9/h4-7H,8H2,1-3H3. The van der Waals surface area contributed by atoms with E-state index in [4.69, 9.17) is 4.74 Å². The summed E-state index contributed by atoms with van der Waals surface area (Å²) in [4.78, 5) is 15.6. The Morgan fingerprint density at radius 2 is 2.14 bits per heavy atom. The molecular weight excluding hydrogens is 178 g/mol. The van der Waals surface area contributed by atoms with Crippen LogP contribution in [0.5, 0.6) is 0 Å². The fourth-order valence-electron chi connectivity index (χ4n) is 0.962. The van der Waals surface area contributed by atoms with E-state index in [2.05, 4.69) is 4.99 Å². The highest BCUT2D eigenvalue weighted by atomic mass is 16.6. The number of rotatable bonds is 1. The van der Waals surface area contributed by atoms with Gasteiger partial charge in [-0.15, -0.1) is 0 Å². The molecule has 0 aliphatic carbocycles. The molecule has 0 radical (unpaired) electrons. The summed E-state index contributed by atoms with van der Waals surface area (Å²) >= 11 is 0. The molecule has 1 aliphatic heterocycles. The Labute approximate surface area is 84.2 Å². The SMILES string of the molecule is CC(C)(C)OC(=O)C1=CC=CC=NC1. The average molecular weight is 193 g/mol. The number of aliphatic imine (C=N–C) groups is 1. The Morgan fingerprint density at radius 3 is 2.79 bits per heavy atom. The quantitative estimate of drug-likeness (QED) is 0.596. The third-order valence-corrected chi connectivity index (χ3v) is 1.52. The first-order valence-electron chi connectivity index (χ1n) is 4.58. The van der Waals surface area contributed by atoms with Crippen LogP contribution in [0.25, 0.3) is 0 Å². The van der Waals surface area contributed by atoms with Gasteiger partial charge in [0.05, 0.1) is 12.1 Å². The molecule has 0 atom stereocenters. The summed E-state index contributed by atoms with van der Waals surface area (Å²) in [7, 11) is 0. The number of carbonyl (C=O) groups excluding carboxylic acids is 1. The van der Waals surface area contributed by atoms with Crippen LogP contribution in [-0.2, 0) is 9.53 Å². The minimum absolute atomic E-state index is 0.291. The van der Waals surface area contributed by atoms with E-state index in [1.807, 2.05) is 20.8 Å². The second-order valence-corrected chi connectivity index (χ2v) is 4.07. The molecule has 1 aliphatic rings. The second kappa shape index (κ2) is 4.22. The summed E-state index contributed by atoms with van der Waals surface area (Å²) in [6.45, 7) is 5.94. The lowest BCUT2D eigenvalue weighted by Gasteiger charge is -2.19. The Morgan fingerprint density at radius 1 is 1.43 bits per heavy atom. The first kappa shape index (κ1) is 10.7. The van der Waals surface area contributed by atoms with Gasteiger partial charge in [0.15, 0.2) is 0 Å². The molecule has 0 N–H and O–H groups in total. The molecule has 0 amide bonds. The van der Waals surface area contributed by atoms with Crippen molar-refractivity contribution in [3.63, 3.8) is 0 Å². The van der Waals surface area contributed by atoms with Gasteiger partial charge in [0.25, 0.3) is 0 Å². The maximum atomic E-state index is 11.6. The summed E-state index contributed by atoms with van der Waals surface area (Å²) in [5, 5.41) is 0.